The van der Waals surface area contributed by atoms with E-state index in [0.717, 1.165) is 10.9 Å². The van der Waals surface area contributed by atoms with Gasteiger partial charge in [0, 0.05) is 23.2 Å². The SMILES string of the molecule is O=[N+]([O-])c1cc(Cl)nc(-c2cnc3ccccc3c2)c1. The third kappa shape index (κ3) is 2.31. The molecule has 0 unspecified atom stereocenters. The van der Waals surface area contributed by atoms with Crippen LogP contribution in [-0.2, 0) is 0 Å². The largest absolute Gasteiger partial charge is 0.274 e. The second kappa shape index (κ2) is 4.86. The van der Waals surface area contributed by atoms with Gasteiger partial charge in [0.15, 0.2) is 0 Å². The lowest BCUT2D eigenvalue weighted by Gasteiger charge is -2.03. The predicted octanol–water partition coefficient (Wildman–Crippen LogP) is 3.86. The minimum atomic E-state index is -0.495. The van der Waals surface area contributed by atoms with E-state index in [9.17, 15) is 10.1 Å². The van der Waals surface area contributed by atoms with Crippen LogP contribution in [0.2, 0.25) is 5.15 Å². The van der Waals surface area contributed by atoms with E-state index in [2.05, 4.69) is 9.97 Å². The summed E-state index contributed by atoms with van der Waals surface area (Å²) in [6.45, 7) is 0. The number of nitrogens with zero attached hydrogens (tertiary/aromatic N) is 3. The molecule has 1 aromatic carbocycles. The highest BCUT2D eigenvalue weighted by Gasteiger charge is 2.12. The Kier molecular flexibility index (Phi) is 3.04. The van der Waals surface area contributed by atoms with E-state index in [-0.39, 0.29) is 10.8 Å². The van der Waals surface area contributed by atoms with E-state index < -0.39 is 4.92 Å². The van der Waals surface area contributed by atoms with Gasteiger partial charge in [0.1, 0.15) is 5.15 Å². The first-order valence-corrected chi connectivity index (χ1v) is 6.18. The van der Waals surface area contributed by atoms with Gasteiger partial charge in [-0.2, -0.15) is 0 Å². The molecule has 0 aliphatic heterocycles. The molecule has 2 heterocycles. The molecule has 20 heavy (non-hydrogen) atoms. The summed E-state index contributed by atoms with van der Waals surface area (Å²) in [5.74, 6) is 0. The molecule has 0 saturated carbocycles. The van der Waals surface area contributed by atoms with Crippen LogP contribution in [0.5, 0.6) is 0 Å². The van der Waals surface area contributed by atoms with Crippen molar-refractivity contribution in [2.24, 2.45) is 0 Å². The van der Waals surface area contributed by atoms with Crippen LogP contribution in [0.3, 0.4) is 0 Å². The number of benzene rings is 1. The molecule has 98 valence electrons. The number of aromatic nitrogens is 2. The average Bonchev–Trinajstić information content (AvgIpc) is 2.46. The molecule has 0 aliphatic carbocycles. The van der Waals surface area contributed by atoms with Gasteiger partial charge in [-0.05, 0) is 12.1 Å². The second-order valence-electron chi connectivity index (χ2n) is 4.21. The molecule has 3 rings (SSSR count). The summed E-state index contributed by atoms with van der Waals surface area (Å²) < 4.78 is 0. The van der Waals surface area contributed by atoms with Gasteiger partial charge in [0.2, 0.25) is 0 Å². The molecule has 5 nitrogen and oxygen atoms in total. The van der Waals surface area contributed by atoms with Crippen molar-refractivity contribution in [2.45, 2.75) is 0 Å². The number of hydrogen-bond acceptors (Lipinski definition) is 4. The lowest BCUT2D eigenvalue weighted by molar-refractivity contribution is -0.384. The van der Waals surface area contributed by atoms with Crippen LogP contribution in [0, 0.1) is 10.1 Å². The predicted molar refractivity (Wildman–Crippen MR) is 76.6 cm³/mol. The van der Waals surface area contributed by atoms with Gasteiger partial charge >= 0.3 is 0 Å². The highest BCUT2D eigenvalue weighted by molar-refractivity contribution is 6.29. The monoisotopic (exact) mass is 285 g/mol. The smallest absolute Gasteiger partial charge is 0.258 e. The zero-order chi connectivity index (χ0) is 14.1. The summed E-state index contributed by atoms with van der Waals surface area (Å²) in [6.07, 6.45) is 1.63. The average molecular weight is 286 g/mol. The quantitative estimate of drug-likeness (QED) is 0.407. The Labute approximate surface area is 119 Å². The Bertz CT molecular complexity index is 820. The summed E-state index contributed by atoms with van der Waals surface area (Å²) in [5, 5.41) is 11.9. The zero-order valence-electron chi connectivity index (χ0n) is 10.2. The van der Waals surface area contributed by atoms with Gasteiger partial charge in [0.05, 0.1) is 22.2 Å². The van der Waals surface area contributed by atoms with Crippen molar-refractivity contribution >= 4 is 28.2 Å². The standard InChI is InChI=1S/C14H8ClN3O2/c15-14-7-11(18(19)20)6-13(17-14)10-5-9-3-1-2-4-12(9)16-8-10/h1-8H. The fraction of sp³-hybridized carbons (Fsp3) is 0. The molecule has 0 atom stereocenters. The van der Waals surface area contributed by atoms with Crippen LogP contribution in [0.1, 0.15) is 0 Å². The van der Waals surface area contributed by atoms with Crippen LogP contribution >= 0.6 is 11.6 Å². The van der Waals surface area contributed by atoms with Crippen molar-refractivity contribution in [1.82, 2.24) is 9.97 Å². The molecular formula is C14H8ClN3O2. The number of pyridine rings is 2. The highest BCUT2D eigenvalue weighted by atomic mass is 35.5. The van der Waals surface area contributed by atoms with Gasteiger partial charge < -0.3 is 0 Å². The third-order valence-corrected chi connectivity index (χ3v) is 3.07. The summed E-state index contributed by atoms with van der Waals surface area (Å²) in [5.41, 5.74) is 1.89. The maximum absolute atomic E-state index is 10.9. The van der Waals surface area contributed by atoms with E-state index in [1.165, 1.54) is 12.1 Å². The minimum Gasteiger partial charge on any atom is -0.258 e. The Morgan fingerprint density at radius 2 is 1.95 bits per heavy atom. The van der Waals surface area contributed by atoms with Crippen LogP contribution in [0.15, 0.2) is 48.7 Å². The third-order valence-electron chi connectivity index (χ3n) is 2.88. The topological polar surface area (TPSA) is 68.9 Å². The van der Waals surface area contributed by atoms with Gasteiger partial charge in [0.25, 0.3) is 5.69 Å². The van der Waals surface area contributed by atoms with Crippen molar-refractivity contribution < 1.29 is 4.92 Å². The number of rotatable bonds is 2. The molecule has 0 aliphatic rings. The van der Waals surface area contributed by atoms with Crippen LogP contribution in [-0.4, -0.2) is 14.9 Å². The fourth-order valence-corrected chi connectivity index (χ4v) is 2.15. The molecule has 0 amide bonds. The maximum Gasteiger partial charge on any atom is 0.274 e. The Balaban J connectivity index is 2.17. The van der Waals surface area contributed by atoms with Crippen molar-refractivity contribution in [1.29, 1.82) is 0 Å². The summed E-state index contributed by atoms with van der Waals surface area (Å²) >= 11 is 5.83. The molecule has 0 radical (unpaired) electrons. The number of halogens is 1. The molecule has 3 aromatic rings. The molecule has 0 bridgehead atoms. The Hall–Kier alpha value is -2.53. The van der Waals surface area contributed by atoms with Crippen molar-refractivity contribution in [2.75, 3.05) is 0 Å². The summed E-state index contributed by atoms with van der Waals surface area (Å²) in [7, 11) is 0. The first kappa shape index (κ1) is 12.5. The highest BCUT2D eigenvalue weighted by Crippen LogP contribution is 2.26. The minimum absolute atomic E-state index is 0.0855. The Morgan fingerprint density at radius 1 is 1.15 bits per heavy atom. The zero-order valence-corrected chi connectivity index (χ0v) is 10.9. The first-order valence-electron chi connectivity index (χ1n) is 5.80. The maximum atomic E-state index is 10.9. The fourth-order valence-electron chi connectivity index (χ4n) is 1.95. The van der Waals surface area contributed by atoms with Crippen LogP contribution < -0.4 is 0 Å². The van der Waals surface area contributed by atoms with Crippen LogP contribution in [0.4, 0.5) is 5.69 Å². The molecule has 0 saturated heterocycles. The second-order valence-corrected chi connectivity index (χ2v) is 4.59. The molecule has 0 fully saturated rings. The Morgan fingerprint density at radius 3 is 2.75 bits per heavy atom. The van der Waals surface area contributed by atoms with Crippen molar-refractivity contribution in [3.05, 3.63) is 63.9 Å². The van der Waals surface area contributed by atoms with Crippen molar-refractivity contribution in [3.8, 4) is 11.3 Å². The summed E-state index contributed by atoms with van der Waals surface area (Å²) in [4.78, 5) is 18.8. The number of fused-ring (bicyclic) bond motifs is 1. The first-order chi connectivity index (χ1) is 9.63. The van der Waals surface area contributed by atoms with Gasteiger partial charge in [-0.15, -0.1) is 0 Å². The van der Waals surface area contributed by atoms with Gasteiger partial charge in [-0.3, -0.25) is 15.1 Å². The van der Waals surface area contributed by atoms with E-state index in [4.69, 9.17) is 11.6 Å². The number of para-hydroxylation sites is 1. The van der Waals surface area contributed by atoms with Crippen LogP contribution in [0.25, 0.3) is 22.2 Å². The molecular weight excluding hydrogens is 278 g/mol. The normalized spacial score (nSPS) is 10.7. The lowest BCUT2D eigenvalue weighted by Crippen LogP contribution is -1.92. The molecule has 2 aromatic heterocycles. The van der Waals surface area contributed by atoms with E-state index in [0.29, 0.717) is 11.3 Å². The summed E-state index contributed by atoms with van der Waals surface area (Å²) in [6, 6.07) is 12.1. The lowest BCUT2D eigenvalue weighted by atomic mass is 10.1. The molecule has 0 N–H and O–H groups in total. The van der Waals surface area contributed by atoms with Gasteiger partial charge in [-0.25, -0.2) is 4.98 Å². The van der Waals surface area contributed by atoms with Crippen molar-refractivity contribution in [3.63, 3.8) is 0 Å². The number of hydrogen-bond donors (Lipinski definition) is 0. The van der Waals surface area contributed by atoms with Gasteiger partial charge in [-0.1, -0.05) is 29.8 Å². The number of nitro groups is 1. The molecule has 6 heteroatoms. The van der Waals surface area contributed by atoms with E-state index >= 15 is 0 Å². The molecule has 0 spiro atoms. The van der Waals surface area contributed by atoms with E-state index in [1.54, 1.807) is 6.20 Å². The van der Waals surface area contributed by atoms with E-state index in [1.807, 2.05) is 30.3 Å².